The second-order valence-electron chi connectivity index (χ2n) is 5.31. The van der Waals surface area contributed by atoms with Crippen LogP contribution in [0.15, 0.2) is 0 Å². The molecule has 1 atom stereocenters. The minimum atomic E-state index is 0.245. The first-order valence-corrected chi connectivity index (χ1v) is 7.20. The Kier molecular flexibility index (Phi) is 6.45. The summed E-state index contributed by atoms with van der Waals surface area (Å²) < 4.78 is 5.44. The molecule has 102 valence electrons. The monoisotopic (exact) mass is 242 g/mol. The largest absolute Gasteiger partial charge is 0.381 e. The summed E-state index contributed by atoms with van der Waals surface area (Å²) in [5, 5.41) is 0. The van der Waals surface area contributed by atoms with Gasteiger partial charge in [-0.15, -0.1) is 0 Å². The minimum Gasteiger partial charge on any atom is -0.381 e. The Morgan fingerprint density at radius 1 is 1.29 bits per heavy atom. The van der Waals surface area contributed by atoms with Crippen molar-refractivity contribution in [2.75, 3.05) is 26.7 Å². The Labute approximate surface area is 107 Å². The average Bonchev–Trinajstić information content (AvgIpc) is 2.41. The second kappa shape index (κ2) is 7.34. The van der Waals surface area contributed by atoms with Gasteiger partial charge in [-0.05, 0) is 25.7 Å². The lowest BCUT2D eigenvalue weighted by molar-refractivity contribution is -0.00758. The van der Waals surface area contributed by atoms with E-state index in [0.29, 0.717) is 6.10 Å². The molecule has 0 aromatic heterocycles. The van der Waals surface area contributed by atoms with Crippen LogP contribution in [0.1, 0.15) is 52.4 Å². The van der Waals surface area contributed by atoms with E-state index in [0.717, 1.165) is 32.5 Å². The van der Waals surface area contributed by atoms with E-state index in [1.165, 1.54) is 25.7 Å². The molecule has 17 heavy (non-hydrogen) atoms. The van der Waals surface area contributed by atoms with E-state index in [-0.39, 0.29) is 5.54 Å². The van der Waals surface area contributed by atoms with Gasteiger partial charge in [-0.25, -0.2) is 0 Å². The van der Waals surface area contributed by atoms with Crippen LogP contribution in [0.25, 0.3) is 0 Å². The predicted octanol–water partition coefficient (Wildman–Crippen LogP) is 2.39. The van der Waals surface area contributed by atoms with Gasteiger partial charge in [0.15, 0.2) is 0 Å². The fourth-order valence-corrected chi connectivity index (χ4v) is 3.01. The molecule has 0 spiro atoms. The van der Waals surface area contributed by atoms with Crippen LogP contribution < -0.4 is 5.73 Å². The highest BCUT2D eigenvalue weighted by molar-refractivity contribution is 4.93. The number of unbranched alkanes of at least 4 members (excludes halogenated alkanes) is 1. The first kappa shape index (κ1) is 14.9. The summed E-state index contributed by atoms with van der Waals surface area (Å²) in [4.78, 5) is 2.62. The number of nitrogens with two attached hydrogens (primary N) is 1. The molecule has 0 bridgehead atoms. The van der Waals surface area contributed by atoms with E-state index in [2.05, 4.69) is 18.7 Å². The summed E-state index contributed by atoms with van der Waals surface area (Å²) in [5.74, 6) is 0. The quantitative estimate of drug-likeness (QED) is 0.745. The molecule has 1 saturated heterocycles. The number of hydrogen-bond donors (Lipinski definition) is 1. The minimum absolute atomic E-state index is 0.245. The summed E-state index contributed by atoms with van der Waals surface area (Å²) in [5.41, 5.74) is 6.33. The molecule has 0 aromatic rings. The van der Waals surface area contributed by atoms with Gasteiger partial charge >= 0.3 is 0 Å². The van der Waals surface area contributed by atoms with Crippen LogP contribution in [-0.2, 0) is 4.74 Å². The van der Waals surface area contributed by atoms with Crippen molar-refractivity contribution in [1.29, 1.82) is 0 Å². The molecule has 1 heterocycles. The van der Waals surface area contributed by atoms with Crippen LogP contribution in [0, 0.1) is 0 Å². The van der Waals surface area contributed by atoms with E-state index in [4.69, 9.17) is 10.5 Å². The molecule has 0 aromatic carbocycles. The van der Waals surface area contributed by atoms with Gasteiger partial charge in [-0.2, -0.15) is 0 Å². The summed E-state index contributed by atoms with van der Waals surface area (Å²) in [7, 11) is 1.83. The molecule has 1 unspecified atom stereocenters. The highest BCUT2D eigenvalue weighted by atomic mass is 16.5. The third-order valence-electron chi connectivity index (χ3n) is 4.48. The van der Waals surface area contributed by atoms with Gasteiger partial charge in [0.25, 0.3) is 0 Å². The van der Waals surface area contributed by atoms with Crippen molar-refractivity contribution in [3.63, 3.8) is 0 Å². The van der Waals surface area contributed by atoms with Crippen LogP contribution in [-0.4, -0.2) is 43.3 Å². The molecule has 1 aliphatic heterocycles. The van der Waals surface area contributed by atoms with Gasteiger partial charge in [0.05, 0.1) is 6.10 Å². The molecule has 1 rings (SSSR count). The zero-order valence-electron chi connectivity index (χ0n) is 11.9. The zero-order valence-corrected chi connectivity index (χ0v) is 11.9. The molecule has 0 radical (unpaired) electrons. The van der Waals surface area contributed by atoms with Gasteiger partial charge in [0, 0.05) is 32.3 Å². The fourth-order valence-electron chi connectivity index (χ4n) is 3.01. The maximum absolute atomic E-state index is 6.08. The number of ether oxygens (including phenoxy) is 1. The number of piperidine rings is 1. The summed E-state index contributed by atoms with van der Waals surface area (Å²) in [6.07, 6.45) is 7.74. The summed E-state index contributed by atoms with van der Waals surface area (Å²) >= 11 is 0. The Hall–Kier alpha value is -0.120. The molecule has 3 heteroatoms. The fraction of sp³-hybridized carbons (Fsp3) is 1.00. The first-order valence-electron chi connectivity index (χ1n) is 7.20. The lowest BCUT2D eigenvalue weighted by Gasteiger charge is -2.46. The third-order valence-corrected chi connectivity index (χ3v) is 4.48. The molecule has 0 amide bonds. The van der Waals surface area contributed by atoms with Crippen molar-refractivity contribution in [1.82, 2.24) is 4.90 Å². The third kappa shape index (κ3) is 3.67. The van der Waals surface area contributed by atoms with E-state index >= 15 is 0 Å². The van der Waals surface area contributed by atoms with Crippen LogP contribution in [0.2, 0.25) is 0 Å². The van der Waals surface area contributed by atoms with Crippen molar-refractivity contribution in [2.24, 2.45) is 5.73 Å². The molecule has 2 N–H and O–H groups in total. The molecule has 0 saturated carbocycles. The summed E-state index contributed by atoms with van der Waals surface area (Å²) in [6, 6.07) is 0. The Bertz CT molecular complexity index is 196. The Balaban J connectivity index is 2.58. The average molecular weight is 242 g/mol. The van der Waals surface area contributed by atoms with Crippen molar-refractivity contribution in [2.45, 2.75) is 64.0 Å². The van der Waals surface area contributed by atoms with Gasteiger partial charge < -0.3 is 10.5 Å². The lowest BCUT2D eigenvalue weighted by Crippen LogP contribution is -2.56. The second-order valence-corrected chi connectivity index (χ2v) is 5.31. The van der Waals surface area contributed by atoms with Crippen molar-refractivity contribution in [3.8, 4) is 0 Å². The standard InChI is InChI=1S/C14H30N2O/c1-4-6-9-14(5-2,12-15)16-10-7-13(17-3)8-11-16/h13H,4-12,15H2,1-3H3. The highest BCUT2D eigenvalue weighted by Gasteiger charge is 2.35. The summed E-state index contributed by atoms with van der Waals surface area (Å²) in [6.45, 7) is 7.63. The van der Waals surface area contributed by atoms with E-state index in [9.17, 15) is 0 Å². The van der Waals surface area contributed by atoms with E-state index in [1.807, 2.05) is 7.11 Å². The van der Waals surface area contributed by atoms with Crippen LogP contribution in [0.5, 0.6) is 0 Å². The van der Waals surface area contributed by atoms with Crippen molar-refractivity contribution < 1.29 is 4.74 Å². The predicted molar refractivity (Wildman–Crippen MR) is 73.2 cm³/mol. The van der Waals surface area contributed by atoms with Gasteiger partial charge in [0.2, 0.25) is 0 Å². The normalized spacial score (nSPS) is 22.6. The first-order chi connectivity index (χ1) is 8.22. The van der Waals surface area contributed by atoms with Gasteiger partial charge in [-0.1, -0.05) is 26.7 Å². The Morgan fingerprint density at radius 2 is 1.94 bits per heavy atom. The van der Waals surface area contributed by atoms with Crippen LogP contribution >= 0.6 is 0 Å². The number of hydrogen-bond acceptors (Lipinski definition) is 3. The number of methoxy groups -OCH3 is 1. The van der Waals surface area contributed by atoms with Gasteiger partial charge in [-0.3, -0.25) is 4.90 Å². The van der Waals surface area contributed by atoms with Crippen molar-refractivity contribution >= 4 is 0 Å². The van der Waals surface area contributed by atoms with E-state index in [1.54, 1.807) is 0 Å². The smallest absolute Gasteiger partial charge is 0.0595 e. The zero-order chi connectivity index (χ0) is 12.7. The lowest BCUT2D eigenvalue weighted by atomic mass is 9.86. The van der Waals surface area contributed by atoms with Crippen LogP contribution in [0.3, 0.4) is 0 Å². The number of rotatable bonds is 7. The van der Waals surface area contributed by atoms with E-state index < -0.39 is 0 Å². The Morgan fingerprint density at radius 3 is 2.35 bits per heavy atom. The maximum Gasteiger partial charge on any atom is 0.0595 e. The molecule has 1 fully saturated rings. The highest BCUT2D eigenvalue weighted by Crippen LogP contribution is 2.29. The molecule has 0 aliphatic carbocycles. The molecular weight excluding hydrogens is 212 g/mol. The topological polar surface area (TPSA) is 38.5 Å². The van der Waals surface area contributed by atoms with Gasteiger partial charge in [0.1, 0.15) is 0 Å². The number of likely N-dealkylation sites (tertiary alicyclic amines) is 1. The molecule has 3 nitrogen and oxygen atoms in total. The molecule has 1 aliphatic rings. The number of nitrogens with zero attached hydrogens (tertiary/aromatic N) is 1. The molecular formula is C14H30N2O. The van der Waals surface area contributed by atoms with Crippen molar-refractivity contribution in [3.05, 3.63) is 0 Å². The van der Waals surface area contributed by atoms with Crippen LogP contribution in [0.4, 0.5) is 0 Å². The maximum atomic E-state index is 6.08. The SMILES string of the molecule is CCCCC(CC)(CN)N1CCC(OC)CC1.